The van der Waals surface area contributed by atoms with Crippen molar-refractivity contribution in [2.24, 2.45) is 0 Å². The molecule has 0 aliphatic heterocycles. The van der Waals surface area contributed by atoms with E-state index in [1.54, 1.807) is 0 Å². The molecule has 0 saturated carbocycles. The van der Waals surface area contributed by atoms with Gasteiger partial charge in [-0.15, -0.1) is 0 Å². The molecule has 0 spiro atoms. The molecule has 0 saturated heterocycles. The summed E-state index contributed by atoms with van der Waals surface area (Å²) in [5.41, 5.74) is 2.15. The molecule has 0 fully saturated rings. The van der Waals surface area contributed by atoms with Crippen molar-refractivity contribution in [3.63, 3.8) is 0 Å². The van der Waals surface area contributed by atoms with Crippen LogP contribution in [0.4, 0.5) is 18.9 Å². The first kappa shape index (κ1) is 13.0. The molecule has 1 atom stereocenters. The average molecular weight is 277 g/mol. The van der Waals surface area contributed by atoms with Crippen LogP contribution in [0.1, 0.15) is 30.0 Å². The summed E-state index contributed by atoms with van der Waals surface area (Å²) in [6, 6.07) is 9.32. The molecule has 1 aliphatic rings. The Morgan fingerprint density at radius 3 is 2.70 bits per heavy atom. The van der Waals surface area contributed by atoms with E-state index in [0.29, 0.717) is 6.07 Å². The van der Waals surface area contributed by atoms with E-state index in [-0.39, 0.29) is 11.7 Å². The van der Waals surface area contributed by atoms with Gasteiger partial charge in [0, 0.05) is 12.1 Å². The highest BCUT2D eigenvalue weighted by Crippen LogP contribution is 2.33. The van der Waals surface area contributed by atoms with Crippen LogP contribution >= 0.6 is 0 Å². The van der Waals surface area contributed by atoms with Crippen LogP contribution in [-0.2, 0) is 6.42 Å². The Morgan fingerprint density at radius 2 is 1.85 bits per heavy atom. The van der Waals surface area contributed by atoms with Crippen LogP contribution in [-0.4, -0.2) is 0 Å². The van der Waals surface area contributed by atoms with Gasteiger partial charge in [-0.05, 0) is 30.4 Å². The lowest BCUT2D eigenvalue weighted by Gasteiger charge is -2.27. The fourth-order valence-corrected chi connectivity index (χ4v) is 2.75. The van der Waals surface area contributed by atoms with Crippen molar-refractivity contribution >= 4 is 5.69 Å². The summed E-state index contributed by atoms with van der Waals surface area (Å²) in [6.07, 6.45) is 2.76. The monoisotopic (exact) mass is 277 g/mol. The Kier molecular flexibility index (Phi) is 3.38. The molecule has 0 aromatic heterocycles. The predicted molar refractivity (Wildman–Crippen MR) is 72.1 cm³/mol. The van der Waals surface area contributed by atoms with Gasteiger partial charge in [0.2, 0.25) is 0 Å². The Balaban J connectivity index is 1.93. The van der Waals surface area contributed by atoms with Gasteiger partial charge in [-0.3, -0.25) is 0 Å². The minimum absolute atomic E-state index is 0.115. The van der Waals surface area contributed by atoms with E-state index in [9.17, 15) is 13.2 Å². The lowest BCUT2D eigenvalue weighted by molar-refractivity contribution is 0.494. The van der Waals surface area contributed by atoms with Crippen LogP contribution in [0.5, 0.6) is 0 Å². The summed E-state index contributed by atoms with van der Waals surface area (Å²) >= 11 is 0. The quantitative estimate of drug-likeness (QED) is 0.791. The first-order valence-electron chi connectivity index (χ1n) is 6.64. The number of aryl methyl sites for hydroxylation is 1. The molecule has 2 aromatic rings. The van der Waals surface area contributed by atoms with Gasteiger partial charge in [0.15, 0.2) is 11.6 Å². The Bertz CT molecular complexity index is 640. The summed E-state index contributed by atoms with van der Waals surface area (Å²) in [5.74, 6) is -2.98. The van der Waals surface area contributed by atoms with E-state index >= 15 is 0 Å². The van der Waals surface area contributed by atoms with Gasteiger partial charge in [0.1, 0.15) is 5.82 Å². The topological polar surface area (TPSA) is 12.0 Å². The predicted octanol–water partition coefficient (Wildman–Crippen LogP) is 4.59. The van der Waals surface area contributed by atoms with Gasteiger partial charge in [-0.2, -0.15) is 0 Å². The zero-order valence-corrected chi connectivity index (χ0v) is 10.8. The van der Waals surface area contributed by atoms with E-state index in [0.717, 1.165) is 30.9 Å². The molecule has 1 aliphatic carbocycles. The van der Waals surface area contributed by atoms with E-state index in [1.807, 2.05) is 24.3 Å². The number of nitrogens with one attached hydrogen (secondary N) is 1. The molecule has 4 heteroatoms. The summed E-state index contributed by atoms with van der Waals surface area (Å²) in [6.45, 7) is 0. The van der Waals surface area contributed by atoms with Crippen molar-refractivity contribution in [3.05, 3.63) is 65.0 Å². The van der Waals surface area contributed by atoms with Crippen molar-refractivity contribution in [1.29, 1.82) is 0 Å². The first-order chi connectivity index (χ1) is 9.65. The second-order valence-electron chi connectivity index (χ2n) is 5.04. The molecule has 0 heterocycles. The highest BCUT2D eigenvalue weighted by molar-refractivity contribution is 5.49. The summed E-state index contributed by atoms with van der Waals surface area (Å²) < 4.78 is 40.2. The zero-order valence-electron chi connectivity index (χ0n) is 10.8. The minimum atomic E-state index is -1.17. The zero-order chi connectivity index (χ0) is 14.1. The molecule has 1 unspecified atom stereocenters. The minimum Gasteiger partial charge on any atom is -0.376 e. The smallest absolute Gasteiger partial charge is 0.182 e. The fourth-order valence-electron chi connectivity index (χ4n) is 2.75. The molecule has 104 valence electrons. The van der Waals surface area contributed by atoms with Crippen molar-refractivity contribution < 1.29 is 13.2 Å². The maximum atomic E-state index is 13.7. The van der Waals surface area contributed by atoms with Crippen molar-refractivity contribution in [3.8, 4) is 0 Å². The molecule has 1 nitrogen and oxygen atoms in total. The molecule has 0 amide bonds. The molecule has 0 radical (unpaired) electrons. The van der Waals surface area contributed by atoms with Gasteiger partial charge < -0.3 is 5.32 Å². The lowest BCUT2D eigenvalue weighted by Crippen LogP contribution is -2.18. The number of hydrogen-bond acceptors (Lipinski definition) is 1. The third-order valence-electron chi connectivity index (χ3n) is 3.69. The van der Waals surface area contributed by atoms with E-state index in [1.165, 1.54) is 5.56 Å². The van der Waals surface area contributed by atoms with Crippen molar-refractivity contribution in [2.75, 3.05) is 5.32 Å². The summed E-state index contributed by atoms with van der Waals surface area (Å²) in [4.78, 5) is 0. The highest BCUT2D eigenvalue weighted by atomic mass is 19.2. The molecular weight excluding hydrogens is 263 g/mol. The number of benzene rings is 2. The third kappa shape index (κ3) is 2.38. The number of halogens is 3. The van der Waals surface area contributed by atoms with Crippen LogP contribution in [0, 0.1) is 17.5 Å². The summed E-state index contributed by atoms with van der Waals surface area (Å²) in [7, 11) is 0. The average Bonchev–Trinajstić information content (AvgIpc) is 2.44. The van der Waals surface area contributed by atoms with Gasteiger partial charge in [0.05, 0.1) is 11.7 Å². The van der Waals surface area contributed by atoms with E-state index in [4.69, 9.17) is 0 Å². The van der Waals surface area contributed by atoms with Gasteiger partial charge >= 0.3 is 0 Å². The number of rotatable bonds is 2. The molecule has 1 N–H and O–H groups in total. The van der Waals surface area contributed by atoms with E-state index in [2.05, 4.69) is 5.32 Å². The molecule has 3 rings (SSSR count). The van der Waals surface area contributed by atoms with Crippen LogP contribution in [0.2, 0.25) is 0 Å². The number of hydrogen-bond donors (Lipinski definition) is 1. The second-order valence-corrected chi connectivity index (χ2v) is 5.04. The van der Waals surface area contributed by atoms with Crippen LogP contribution in [0.3, 0.4) is 0 Å². The van der Waals surface area contributed by atoms with Gasteiger partial charge in [0.25, 0.3) is 0 Å². The Morgan fingerprint density at radius 1 is 1.05 bits per heavy atom. The highest BCUT2D eigenvalue weighted by Gasteiger charge is 2.21. The Labute approximate surface area is 115 Å². The standard InChI is InChI=1S/C16H14F3N/c17-11-8-13(18)16(19)15(9-11)20-14-7-3-5-10-4-1-2-6-12(10)14/h1-2,4,6,8-9,14,20H,3,5,7H2. The van der Waals surface area contributed by atoms with Crippen molar-refractivity contribution in [1.82, 2.24) is 0 Å². The van der Waals surface area contributed by atoms with Crippen LogP contribution in [0.15, 0.2) is 36.4 Å². The van der Waals surface area contributed by atoms with Gasteiger partial charge in [-0.25, -0.2) is 13.2 Å². The fraction of sp³-hybridized carbons (Fsp3) is 0.250. The molecule has 20 heavy (non-hydrogen) atoms. The van der Waals surface area contributed by atoms with Crippen molar-refractivity contribution in [2.45, 2.75) is 25.3 Å². The van der Waals surface area contributed by atoms with Crippen LogP contribution in [0.25, 0.3) is 0 Å². The first-order valence-corrected chi connectivity index (χ1v) is 6.64. The lowest BCUT2D eigenvalue weighted by atomic mass is 9.87. The van der Waals surface area contributed by atoms with Crippen LogP contribution < -0.4 is 5.32 Å². The molecule has 2 aromatic carbocycles. The maximum absolute atomic E-state index is 13.7. The Hall–Kier alpha value is -1.97. The summed E-state index contributed by atoms with van der Waals surface area (Å²) in [5, 5.41) is 2.93. The third-order valence-corrected chi connectivity index (χ3v) is 3.69. The molecule has 0 bridgehead atoms. The normalized spacial score (nSPS) is 17.6. The maximum Gasteiger partial charge on any atom is 0.182 e. The number of anilines is 1. The number of fused-ring (bicyclic) bond motifs is 1. The second kappa shape index (κ2) is 5.19. The van der Waals surface area contributed by atoms with E-state index < -0.39 is 17.5 Å². The molecular formula is C16H14F3N. The largest absolute Gasteiger partial charge is 0.376 e. The SMILES string of the molecule is Fc1cc(F)c(F)c(NC2CCCc3ccccc32)c1. The van der Waals surface area contributed by atoms with Gasteiger partial charge in [-0.1, -0.05) is 24.3 Å².